The number of aryl methyl sites for hydroxylation is 1. The highest BCUT2D eigenvalue weighted by Gasteiger charge is 2.32. The molecule has 0 saturated carbocycles. The fourth-order valence-corrected chi connectivity index (χ4v) is 1.50. The summed E-state index contributed by atoms with van der Waals surface area (Å²) in [5.74, 6) is -1.08. The molecular weight excluding hydrogens is 173 g/mol. The molecule has 68 valence electrons. The normalized spacial score (nSPS) is 19.9. The Balaban J connectivity index is 2.68. The summed E-state index contributed by atoms with van der Waals surface area (Å²) in [7, 11) is 0. The SMILES string of the molecule is Cc1ccc(F)c2c1C(O)C(=O)N2. The third kappa shape index (κ3) is 1.02. The van der Waals surface area contributed by atoms with Gasteiger partial charge in [0, 0.05) is 5.56 Å². The maximum Gasteiger partial charge on any atom is 0.258 e. The van der Waals surface area contributed by atoms with Gasteiger partial charge in [-0.2, -0.15) is 0 Å². The molecule has 0 radical (unpaired) electrons. The molecule has 0 fully saturated rings. The number of halogens is 1. The smallest absolute Gasteiger partial charge is 0.258 e. The number of hydrogen-bond donors (Lipinski definition) is 2. The Bertz CT molecular complexity index is 389. The summed E-state index contributed by atoms with van der Waals surface area (Å²) >= 11 is 0. The Hall–Kier alpha value is -1.42. The zero-order chi connectivity index (χ0) is 9.59. The Morgan fingerprint density at radius 3 is 2.85 bits per heavy atom. The van der Waals surface area contributed by atoms with Crippen LogP contribution >= 0.6 is 0 Å². The van der Waals surface area contributed by atoms with Crippen LogP contribution in [-0.4, -0.2) is 11.0 Å². The molecule has 0 spiro atoms. The van der Waals surface area contributed by atoms with Crippen LogP contribution in [-0.2, 0) is 4.79 Å². The predicted octanol–water partition coefficient (Wildman–Crippen LogP) is 1.12. The van der Waals surface area contributed by atoms with E-state index in [4.69, 9.17) is 0 Å². The Kier molecular flexibility index (Phi) is 1.60. The molecule has 13 heavy (non-hydrogen) atoms. The van der Waals surface area contributed by atoms with Crippen molar-refractivity contribution in [1.29, 1.82) is 0 Å². The van der Waals surface area contributed by atoms with Gasteiger partial charge in [-0.3, -0.25) is 4.79 Å². The number of aliphatic hydroxyl groups is 1. The van der Waals surface area contributed by atoms with Crippen molar-refractivity contribution in [3.63, 3.8) is 0 Å². The maximum absolute atomic E-state index is 13.1. The zero-order valence-corrected chi connectivity index (χ0v) is 6.97. The number of amides is 1. The Morgan fingerprint density at radius 1 is 1.54 bits per heavy atom. The van der Waals surface area contributed by atoms with Crippen LogP contribution in [0.3, 0.4) is 0 Å². The van der Waals surface area contributed by atoms with Crippen molar-refractivity contribution < 1.29 is 14.3 Å². The molecule has 1 amide bonds. The molecule has 1 aromatic rings. The number of benzene rings is 1. The Labute approximate surface area is 74.2 Å². The minimum absolute atomic E-state index is 0.109. The summed E-state index contributed by atoms with van der Waals surface area (Å²) in [5, 5.41) is 11.7. The largest absolute Gasteiger partial charge is 0.378 e. The van der Waals surface area contributed by atoms with Crippen LogP contribution in [0.2, 0.25) is 0 Å². The summed E-state index contributed by atoms with van der Waals surface area (Å²) in [6.07, 6.45) is -1.23. The first-order valence-corrected chi connectivity index (χ1v) is 3.89. The minimum atomic E-state index is -1.23. The van der Waals surface area contributed by atoms with Gasteiger partial charge in [-0.25, -0.2) is 4.39 Å². The molecule has 0 aliphatic carbocycles. The van der Waals surface area contributed by atoms with Crippen LogP contribution in [0.1, 0.15) is 17.2 Å². The van der Waals surface area contributed by atoms with Crippen molar-refractivity contribution in [1.82, 2.24) is 0 Å². The van der Waals surface area contributed by atoms with Crippen LogP contribution in [0.25, 0.3) is 0 Å². The van der Waals surface area contributed by atoms with E-state index < -0.39 is 17.8 Å². The lowest BCUT2D eigenvalue weighted by Gasteiger charge is -2.04. The average molecular weight is 181 g/mol. The van der Waals surface area contributed by atoms with Gasteiger partial charge in [-0.1, -0.05) is 6.07 Å². The van der Waals surface area contributed by atoms with Gasteiger partial charge >= 0.3 is 0 Å². The molecule has 1 aliphatic rings. The number of hydrogen-bond acceptors (Lipinski definition) is 2. The first-order chi connectivity index (χ1) is 6.11. The monoisotopic (exact) mass is 181 g/mol. The molecule has 1 aliphatic heterocycles. The molecule has 0 saturated heterocycles. The zero-order valence-electron chi connectivity index (χ0n) is 6.97. The number of anilines is 1. The maximum atomic E-state index is 13.1. The molecule has 1 aromatic carbocycles. The van der Waals surface area contributed by atoms with Gasteiger partial charge < -0.3 is 10.4 Å². The number of carbonyl (C=O) groups is 1. The summed E-state index contributed by atoms with van der Waals surface area (Å²) in [4.78, 5) is 11.0. The van der Waals surface area contributed by atoms with Gasteiger partial charge in [0.25, 0.3) is 5.91 Å². The molecule has 1 heterocycles. The van der Waals surface area contributed by atoms with Gasteiger partial charge in [-0.05, 0) is 18.6 Å². The van der Waals surface area contributed by atoms with Crippen molar-refractivity contribution in [2.45, 2.75) is 13.0 Å². The highest BCUT2D eigenvalue weighted by atomic mass is 19.1. The minimum Gasteiger partial charge on any atom is -0.378 e. The van der Waals surface area contributed by atoms with Gasteiger partial charge in [0.15, 0.2) is 6.10 Å². The second-order valence-electron chi connectivity index (χ2n) is 3.04. The van der Waals surface area contributed by atoms with Gasteiger partial charge in [0.05, 0.1) is 5.69 Å². The van der Waals surface area contributed by atoms with E-state index in [0.29, 0.717) is 11.1 Å². The van der Waals surface area contributed by atoms with Crippen molar-refractivity contribution in [3.05, 3.63) is 29.1 Å². The second kappa shape index (κ2) is 2.53. The molecule has 2 N–H and O–H groups in total. The number of carbonyl (C=O) groups excluding carboxylic acids is 1. The first kappa shape index (κ1) is 8.19. The van der Waals surface area contributed by atoms with Crippen LogP contribution in [0, 0.1) is 12.7 Å². The van der Waals surface area contributed by atoms with E-state index in [1.165, 1.54) is 12.1 Å². The van der Waals surface area contributed by atoms with Crippen molar-refractivity contribution in [3.8, 4) is 0 Å². The molecular formula is C9H8FNO2. The van der Waals surface area contributed by atoms with E-state index in [1.807, 2.05) is 0 Å². The molecule has 0 bridgehead atoms. The summed E-state index contributed by atoms with van der Waals surface area (Å²) in [6.45, 7) is 1.72. The van der Waals surface area contributed by atoms with E-state index in [2.05, 4.69) is 5.32 Å². The van der Waals surface area contributed by atoms with E-state index in [0.717, 1.165) is 0 Å². The number of nitrogens with one attached hydrogen (secondary N) is 1. The van der Waals surface area contributed by atoms with Crippen LogP contribution in [0.5, 0.6) is 0 Å². The van der Waals surface area contributed by atoms with Crippen LogP contribution < -0.4 is 5.32 Å². The molecule has 1 unspecified atom stereocenters. The number of fused-ring (bicyclic) bond motifs is 1. The molecule has 3 nitrogen and oxygen atoms in total. The van der Waals surface area contributed by atoms with Gasteiger partial charge in [0.2, 0.25) is 0 Å². The van der Waals surface area contributed by atoms with E-state index >= 15 is 0 Å². The number of rotatable bonds is 0. The fraction of sp³-hybridized carbons (Fsp3) is 0.222. The van der Waals surface area contributed by atoms with E-state index in [1.54, 1.807) is 6.92 Å². The lowest BCUT2D eigenvalue weighted by Crippen LogP contribution is -2.11. The topological polar surface area (TPSA) is 49.3 Å². The quantitative estimate of drug-likeness (QED) is 0.630. The van der Waals surface area contributed by atoms with Gasteiger partial charge in [-0.15, -0.1) is 0 Å². The highest BCUT2D eigenvalue weighted by Crippen LogP contribution is 2.35. The first-order valence-electron chi connectivity index (χ1n) is 3.89. The Morgan fingerprint density at radius 2 is 2.23 bits per heavy atom. The standard InChI is InChI=1S/C9H8FNO2/c1-4-2-3-5(10)7-6(4)8(12)9(13)11-7/h2-3,8,12H,1H3,(H,11,13). The summed E-state index contributed by atoms with van der Waals surface area (Å²) < 4.78 is 13.1. The summed E-state index contributed by atoms with van der Waals surface area (Å²) in [5.41, 5.74) is 1.17. The molecule has 4 heteroatoms. The lowest BCUT2D eigenvalue weighted by atomic mass is 10.0. The predicted molar refractivity (Wildman–Crippen MR) is 44.7 cm³/mol. The van der Waals surface area contributed by atoms with Gasteiger partial charge in [0.1, 0.15) is 5.82 Å². The number of aliphatic hydroxyl groups excluding tert-OH is 1. The molecule has 0 aromatic heterocycles. The van der Waals surface area contributed by atoms with E-state index in [-0.39, 0.29) is 5.69 Å². The average Bonchev–Trinajstić information content (AvgIpc) is 2.38. The van der Waals surface area contributed by atoms with Crippen LogP contribution in [0.4, 0.5) is 10.1 Å². The molecule has 1 atom stereocenters. The van der Waals surface area contributed by atoms with Crippen molar-refractivity contribution in [2.24, 2.45) is 0 Å². The van der Waals surface area contributed by atoms with Crippen molar-refractivity contribution >= 4 is 11.6 Å². The van der Waals surface area contributed by atoms with Crippen LogP contribution in [0.15, 0.2) is 12.1 Å². The third-order valence-corrected chi connectivity index (χ3v) is 2.18. The molecule has 2 rings (SSSR count). The highest BCUT2D eigenvalue weighted by molar-refractivity contribution is 6.02. The van der Waals surface area contributed by atoms with E-state index in [9.17, 15) is 14.3 Å². The lowest BCUT2D eigenvalue weighted by molar-refractivity contribution is -0.123. The second-order valence-corrected chi connectivity index (χ2v) is 3.04. The third-order valence-electron chi connectivity index (χ3n) is 2.18. The fourth-order valence-electron chi connectivity index (χ4n) is 1.50. The summed E-state index contributed by atoms with van der Waals surface area (Å²) in [6, 6.07) is 2.81. The van der Waals surface area contributed by atoms with Crippen molar-refractivity contribution in [2.75, 3.05) is 5.32 Å².